The molecule has 0 spiro atoms. The first-order valence-electron chi connectivity index (χ1n) is 8.44. The van der Waals surface area contributed by atoms with Crippen LogP contribution in [-0.4, -0.2) is 40.1 Å². The van der Waals surface area contributed by atoms with Crippen LogP contribution in [0.1, 0.15) is 41.6 Å². The average molecular weight is 316 g/mol. The molecule has 1 aliphatic heterocycles. The fourth-order valence-corrected chi connectivity index (χ4v) is 3.53. The lowest BCUT2D eigenvalue weighted by Crippen LogP contribution is -2.38. The van der Waals surface area contributed by atoms with E-state index in [1.807, 2.05) is 13.0 Å². The third-order valence-electron chi connectivity index (χ3n) is 4.88. The molecule has 3 heterocycles. The Hall–Kier alpha value is -1.66. The molecule has 1 aliphatic carbocycles. The van der Waals surface area contributed by atoms with Gasteiger partial charge in [0, 0.05) is 32.8 Å². The lowest BCUT2D eigenvalue weighted by atomic mass is 9.99. The monoisotopic (exact) mass is 316 g/mol. The Kier molecular flexibility index (Phi) is 3.95. The van der Waals surface area contributed by atoms with Crippen LogP contribution in [0.25, 0.3) is 0 Å². The highest BCUT2D eigenvalue weighted by Crippen LogP contribution is 2.35. The van der Waals surface area contributed by atoms with Crippen molar-refractivity contribution in [3.63, 3.8) is 0 Å². The molecule has 2 aliphatic rings. The van der Waals surface area contributed by atoms with Crippen LogP contribution in [0.2, 0.25) is 0 Å². The van der Waals surface area contributed by atoms with Crippen LogP contribution >= 0.6 is 0 Å². The van der Waals surface area contributed by atoms with Crippen molar-refractivity contribution >= 4 is 0 Å². The van der Waals surface area contributed by atoms with Gasteiger partial charge >= 0.3 is 0 Å². The number of aryl methyl sites for hydroxylation is 1. The molecular weight excluding hydrogens is 292 g/mol. The summed E-state index contributed by atoms with van der Waals surface area (Å²) in [4.78, 5) is 2.44. The SMILES string of the molecule is COC[C@@H]1c2c(cnn2CC2CC2)CCN1Cc1cc(C)on1. The van der Waals surface area contributed by atoms with Crippen molar-refractivity contribution in [1.82, 2.24) is 19.8 Å². The summed E-state index contributed by atoms with van der Waals surface area (Å²) in [5, 5.41) is 8.81. The largest absolute Gasteiger partial charge is 0.383 e. The Morgan fingerprint density at radius 1 is 1.39 bits per heavy atom. The molecule has 4 rings (SSSR count). The first-order valence-corrected chi connectivity index (χ1v) is 8.44. The average Bonchev–Trinajstić information content (AvgIpc) is 3.12. The van der Waals surface area contributed by atoms with E-state index in [4.69, 9.17) is 9.26 Å². The Balaban J connectivity index is 1.59. The lowest BCUT2D eigenvalue weighted by molar-refractivity contribution is 0.0710. The minimum absolute atomic E-state index is 0.238. The van der Waals surface area contributed by atoms with Crippen LogP contribution in [-0.2, 0) is 24.2 Å². The predicted octanol–water partition coefficient (Wildman–Crippen LogP) is 2.34. The molecule has 23 heavy (non-hydrogen) atoms. The third-order valence-corrected chi connectivity index (χ3v) is 4.88. The Bertz CT molecular complexity index is 674. The van der Waals surface area contributed by atoms with Gasteiger partial charge in [-0.05, 0) is 37.7 Å². The molecule has 6 nitrogen and oxygen atoms in total. The van der Waals surface area contributed by atoms with Crippen LogP contribution in [0, 0.1) is 12.8 Å². The van der Waals surface area contributed by atoms with Crippen molar-refractivity contribution in [2.75, 3.05) is 20.3 Å². The fraction of sp³-hybridized carbons (Fsp3) is 0.647. The topological polar surface area (TPSA) is 56.3 Å². The van der Waals surface area contributed by atoms with E-state index in [-0.39, 0.29) is 6.04 Å². The predicted molar refractivity (Wildman–Crippen MR) is 84.9 cm³/mol. The van der Waals surface area contributed by atoms with Gasteiger partial charge in [-0.2, -0.15) is 5.10 Å². The second kappa shape index (κ2) is 6.09. The van der Waals surface area contributed by atoms with Gasteiger partial charge in [0.2, 0.25) is 0 Å². The normalized spacial score (nSPS) is 21.6. The van der Waals surface area contributed by atoms with Crippen LogP contribution in [0.15, 0.2) is 16.8 Å². The van der Waals surface area contributed by atoms with Crippen molar-refractivity contribution in [1.29, 1.82) is 0 Å². The number of nitrogens with zero attached hydrogens (tertiary/aromatic N) is 4. The highest BCUT2D eigenvalue weighted by Gasteiger charge is 2.33. The molecule has 0 aromatic carbocycles. The zero-order valence-corrected chi connectivity index (χ0v) is 13.9. The van der Waals surface area contributed by atoms with Crippen molar-refractivity contribution < 1.29 is 9.26 Å². The van der Waals surface area contributed by atoms with E-state index in [1.165, 1.54) is 24.1 Å². The minimum atomic E-state index is 0.238. The second-order valence-corrected chi connectivity index (χ2v) is 6.80. The summed E-state index contributed by atoms with van der Waals surface area (Å²) in [7, 11) is 1.77. The van der Waals surface area contributed by atoms with E-state index in [0.717, 1.165) is 43.4 Å². The van der Waals surface area contributed by atoms with Crippen LogP contribution in [0.4, 0.5) is 0 Å². The molecule has 1 atom stereocenters. The number of methoxy groups -OCH3 is 1. The molecule has 0 unspecified atom stereocenters. The maximum atomic E-state index is 5.53. The van der Waals surface area contributed by atoms with Gasteiger partial charge in [0.25, 0.3) is 0 Å². The molecule has 0 radical (unpaired) electrons. The van der Waals surface area contributed by atoms with Gasteiger partial charge in [-0.3, -0.25) is 9.58 Å². The van der Waals surface area contributed by atoms with E-state index in [2.05, 4.69) is 26.0 Å². The van der Waals surface area contributed by atoms with Gasteiger partial charge < -0.3 is 9.26 Å². The number of hydrogen-bond acceptors (Lipinski definition) is 5. The van der Waals surface area contributed by atoms with E-state index < -0.39 is 0 Å². The molecule has 1 fully saturated rings. The number of aromatic nitrogens is 3. The Labute approximate surface area is 136 Å². The summed E-state index contributed by atoms with van der Waals surface area (Å²) in [5.74, 6) is 1.68. The highest BCUT2D eigenvalue weighted by atomic mass is 16.5. The van der Waals surface area contributed by atoms with Gasteiger partial charge in [-0.15, -0.1) is 0 Å². The summed E-state index contributed by atoms with van der Waals surface area (Å²) < 4.78 is 13.0. The highest BCUT2D eigenvalue weighted by molar-refractivity contribution is 5.25. The zero-order valence-electron chi connectivity index (χ0n) is 13.9. The molecule has 0 amide bonds. The van der Waals surface area contributed by atoms with E-state index >= 15 is 0 Å². The molecule has 2 aromatic heterocycles. The number of rotatable bonds is 6. The smallest absolute Gasteiger partial charge is 0.133 e. The fourth-order valence-electron chi connectivity index (χ4n) is 3.53. The van der Waals surface area contributed by atoms with Gasteiger partial charge in [-0.25, -0.2) is 0 Å². The lowest BCUT2D eigenvalue weighted by Gasteiger charge is -2.35. The summed E-state index contributed by atoms with van der Waals surface area (Å²) in [5.41, 5.74) is 3.70. The van der Waals surface area contributed by atoms with Crippen LogP contribution < -0.4 is 0 Å². The van der Waals surface area contributed by atoms with E-state index in [0.29, 0.717) is 6.61 Å². The number of ether oxygens (including phenoxy) is 1. The van der Waals surface area contributed by atoms with Crippen molar-refractivity contribution in [2.45, 2.75) is 45.3 Å². The summed E-state index contributed by atoms with van der Waals surface area (Å²) in [6.07, 6.45) is 5.77. The summed E-state index contributed by atoms with van der Waals surface area (Å²) >= 11 is 0. The molecule has 6 heteroatoms. The third kappa shape index (κ3) is 3.05. The van der Waals surface area contributed by atoms with Gasteiger partial charge in [0.15, 0.2) is 0 Å². The molecule has 2 aromatic rings. The quantitative estimate of drug-likeness (QED) is 0.819. The maximum Gasteiger partial charge on any atom is 0.133 e. The van der Waals surface area contributed by atoms with Crippen molar-refractivity contribution in [2.24, 2.45) is 5.92 Å². The zero-order chi connectivity index (χ0) is 15.8. The Morgan fingerprint density at radius 2 is 2.26 bits per heavy atom. The first-order chi connectivity index (χ1) is 11.2. The molecule has 0 N–H and O–H groups in total. The molecule has 0 saturated heterocycles. The molecular formula is C17H24N4O2. The maximum absolute atomic E-state index is 5.53. The van der Waals surface area contributed by atoms with Gasteiger partial charge in [0.1, 0.15) is 5.76 Å². The van der Waals surface area contributed by atoms with E-state index in [1.54, 1.807) is 7.11 Å². The Morgan fingerprint density at radius 3 is 2.96 bits per heavy atom. The van der Waals surface area contributed by atoms with Crippen molar-refractivity contribution in [3.8, 4) is 0 Å². The number of fused-ring (bicyclic) bond motifs is 1. The standard InChI is InChI=1S/C17H24N4O2/c1-12-7-15(19-23-12)10-20-6-5-14-8-18-21(9-13-3-4-13)17(14)16(20)11-22-2/h7-8,13,16H,3-6,9-11H2,1-2H3/t16-/m1/s1. The summed E-state index contributed by atoms with van der Waals surface area (Å²) in [6.45, 7) is 5.45. The van der Waals surface area contributed by atoms with Crippen LogP contribution in [0.5, 0.6) is 0 Å². The minimum Gasteiger partial charge on any atom is -0.383 e. The first kappa shape index (κ1) is 14.9. The van der Waals surface area contributed by atoms with Crippen LogP contribution in [0.3, 0.4) is 0 Å². The van der Waals surface area contributed by atoms with E-state index in [9.17, 15) is 0 Å². The van der Waals surface area contributed by atoms with Crippen molar-refractivity contribution in [3.05, 3.63) is 35.0 Å². The van der Waals surface area contributed by atoms with Gasteiger partial charge in [-0.1, -0.05) is 5.16 Å². The molecule has 1 saturated carbocycles. The summed E-state index contributed by atoms with van der Waals surface area (Å²) in [6, 6.07) is 2.25. The second-order valence-electron chi connectivity index (χ2n) is 6.80. The molecule has 124 valence electrons. The molecule has 0 bridgehead atoms. The van der Waals surface area contributed by atoms with Gasteiger partial charge in [0.05, 0.1) is 30.2 Å². The number of hydrogen-bond donors (Lipinski definition) is 0.